The molecule has 0 aliphatic rings. The molecule has 0 bridgehead atoms. The van der Waals surface area contributed by atoms with Crippen molar-refractivity contribution >= 4 is 17.9 Å². The fraction of sp³-hybridized carbons (Fsp3) is 0.959. The summed E-state index contributed by atoms with van der Waals surface area (Å²) in [5.41, 5.74) is 0. The predicted molar refractivity (Wildman–Crippen MR) is 344 cm³/mol. The smallest absolute Gasteiger partial charge is 0.306 e. The molecule has 0 radical (unpaired) electrons. The van der Waals surface area contributed by atoms with Crippen LogP contribution < -0.4 is 0 Å². The van der Waals surface area contributed by atoms with Gasteiger partial charge >= 0.3 is 17.9 Å². The monoisotopic (exact) mass is 1120 g/mol. The van der Waals surface area contributed by atoms with Gasteiger partial charge in [-0.2, -0.15) is 0 Å². The fourth-order valence-corrected chi connectivity index (χ4v) is 11.6. The Morgan fingerprint density at radius 3 is 0.506 bits per heavy atom. The van der Waals surface area contributed by atoms with E-state index in [-0.39, 0.29) is 31.1 Å². The van der Waals surface area contributed by atoms with Gasteiger partial charge in [-0.15, -0.1) is 0 Å². The van der Waals surface area contributed by atoms with Gasteiger partial charge in [0.15, 0.2) is 6.10 Å². The summed E-state index contributed by atoms with van der Waals surface area (Å²) in [4.78, 5) is 38.4. The van der Waals surface area contributed by atoms with Crippen molar-refractivity contribution in [1.82, 2.24) is 0 Å². The van der Waals surface area contributed by atoms with Crippen molar-refractivity contribution in [3.63, 3.8) is 0 Å². The molecule has 6 nitrogen and oxygen atoms in total. The molecule has 6 heteroatoms. The van der Waals surface area contributed by atoms with Crippen LogP contribution in [0.4, 0.5) is 0 Å². The maximum absolute atomic E-state index is 13.0. The maximum Gasteiger partial charge on any atom is 0.306 e. The number of hydrogen-bond donors (Lipinski definition) is 0. The van der Waals surface area contributed by atoms with Crippen LogP contribution in [0.15, 0.2) is 0 Å². The molecule has 79 heavy (non-hydrogen) atoms. The number of unbranched alkanes of at least 4 members (excludes halogenated alkanes) is 58. The van der Waals surface area contributed by atoms with Crippen LogP contribution >= 0.6 is 0 Å². The van der Waals surface area contributed by atoms with Gasteiger partial charge in [-0.3, -0.25) is 14.4 Å². The van der Waals surface area contributed by atoms with Gasteiger partial charge in [0.1, 0.15) is 13.2 Å². The Bertz CT molecular complexity index is 1190. The number of rotatable bonds is 69. The summed E-state index contributed by atoms with van der Waals surface area (Å²) in [7, 11) is 0. The Hall–Kier alpha value is -1.59. The molecule has 0 aliphatic heterocycles. The molecule has 0 heterocycles. The number of hydrogen-bond acceptors (Lipinski definition) is 6. The SMILES string of the molecule is CCCCCCCCCCCCCCCCCCCCCCCCCCCC(=O)OCC(COC(=O)CCCCCCCCCCCCCC)OC(=O)CCCCCCCCCCCCCCCCCCCCCCCCCC. The molecule has 0 rings (SSSR count). The number of ether oxygens (including phenoxy) is 3. The van der Waals surface area contributed by atoms with Gasteiger partial charge in [0.05, 0.1) is 0 Å². The van der Waals surface area contributed by atoms with Gasteiger partial charge in [0.25, 0.3) is 0 Å². The van der Waals surface area contributed by atoms with Crippen molar-refractivity contribution in [1.29, 1.82) is 0 Å². The minimum absolute atomic E-state index is 0.0602. The van der Waals surface area contributed by atoms with Crippen molar-refractivity contribution in [3.8, 4) is 0 Å². The fourth-order valence-electron chi connectivity index (χ4n) is 11.6. The molecule has 470 valence electrons. The normalized spacial score (nSPS) is 11.9. The van der Waals surface area contributed by atoms with E-state index in [1.165, 1.54) is 334 Å². The Morgan fingerprint density at radius 2 is 0.342 bits per heavy atom. The molecule has 1 unspecified atom stereocenters. The van der Waals surface area contributed by atoms with Crippen LogP contribution in [-0.2, 0) is 28.6 Å². The molecule has 0 fully saturated rings. The molecule has 0 aromatic heterocycles. The first-order chi connectivity index (χ1) is 39.0. The Balaban J connectivity index is 4.15. The molecule has 0 aromatic carbocycles. The third-order valence-corrected chi connectivity index (χ3v) is 17.1. The van der Waals surface area contributed by atoms with Crippen LogP contribution in [0.5, 0.6) is 0 Å². The van der Waals surface area contributed by atoms with Gasteiger partial charge in [-0.05, 0) is 19.3 Å². The van der Waals surface area contributed by atoms with Crippen molar-refractivity contribution < 1.29 is 28.6 Å². The second-order valence-electron chi connectivity index (χ2n) is 25.2. The summed E-state index contributed by atoms with van der Waals surface area (Å²) in [5.74, 6) is -0.820. The zero-order valence-corrected chi connectivity index (χ0v) is 54.2. The molecule has 0 amide bonds. The quantitative estimate of drug-likeness (QED) is 0.0343. The first kappa shape index (κ1) is 77.4. The summed E-state index contributed by atoms with van der Waals surface area (Å²) in [6.07, 6.45) is 81.5. The Labute approximate surface area is 495 Å². The van der Waals surface area contributed by atoms with Crippen LogP contribution in [-0.4, -0.2) is 37.2 Å². The minimum Gasteiger partial charge on any atom is -0.462 e. The Kier molecular flexibility index (Phi) is 67.5. The average Bonchev–Trinajstić information content (AvgIpc) is 3.45. The maximum atomic E-state index is 13.0. The van der Waals surface area contributed by atoms with E-state index in [0.29, 0.717) is 19.3 Å². The van der Waals surface area contributed by atoms with E-state index in [2.05, 4.69) is 20.8 Å². The standard InChI is InChI=1S/C73H142O6/c1-4-7-10-13-16-19-22-25-27-29-31-33-35-37-39-40-42-44-46-48-51-54-57-60-63-66-72(75)78-69-70(68-77-71(74)65-62-59-56-53-50-24-21-18-15-12-9-6-3)79-73(76)67-64-61-58-55-52-49-47-45-43-41-38-36-34-32-30-28-26-23-20-17-14-11-8-5-2/h70H,4-69H2,1-3H3. The topological polar surface area (TPSA) is 78.9 Å². The van der Waals surface area contributed by atoms with Gasteiger partial charge in [0, 0.05) is 19.3 Å². The first-order valence-electron chi connectivity index (χ1n) is 36.5. The van der Waals surface area contributed by atoms with E-state index in [1.807, 2.05) is 0 Å². The molecule has 0 aliphatic carbocycles. The lowest BCUT2D eigenvalue weighted by molar-refractivity contribution is -0.167. The highest BCUT2D eigenvalue weighted by atomic mass is 16.6. The number of carbonyl (C=O) groups excluding carboxylic acids is 3. The van der Waals surface area contributed by atoms with E-state index in [9.17, 15) is 14.4 Å². The third kappa shape index (κ3) is 67.1. The average molecular weight is 1120 g/mol. The summed E-state index contributed by atoms with van der Waals surface area (Å²) in [6, 6.07) is 0. The van der Waals surface area contributed by atoms with Gasteiger partial charge in [0.2, 0.25) is 0 Å². The summed E-state index contributed by atoms with van der Waals surface area (Å²) in [5, 5.41) is 0. The highest BCUT2D eigenvalue weighted by molar-refractivity contribution is 5.71. The number of esters is 3. The van der Waals surface area contributed by atoms with Crippen LogP contribution in [0, 0.1) is 0 Å². The van der Waals surface area contributed by atoms with E-state index < -0.39 is 6.10 Å². The molecule has 0 spiro atoms. The Morgan fingerprint density at radius 1 is 0.203 bits per heavy atom. The lowest BCUT2D eigenvalue weighted by atomic mass is 10.0. The van der Waals surface area contributed by atoms with E-state index in [1.54, 1.807) is 0 Å². The predicted octanol–water partition coefficient (Wildman–Crippen LogP) is 25.0. The van der Waals surface area contributed by atoms with Crippen LogP contribution in [0.2, 0.25) is 0 Å². The van der Waals surface area contributed by atoms with Crippen molar-refractivity contribution in [2.75, 3.05) is 13.2 Å². The van der Waals surface area contributed by atoms with Crippen molar-refractivity contribution in [3.05, 3.63) is 0 Å². The zero-order valence-electron chi connectivity index (χ0n) is 54.2. The van der Waals surface area contributed by atoms with Crippen molar-refractivity contribution in [2.45, 2.75) is 438 Å². The summed E-state index contributed by atoms with van der Waals surface area (Å²) >= 11 is 0. The molecular weight excluding hydrogens is 973 g/mol. The van der Waals surface area contributed by atoms with Gasteiger partial charge in [-0.25, -0.2) is 0 Å². The van der Waals surface area contributed by atoms with Crippen molar-refractivity contribution in [2.24, 2.45) is 0 Å². The molecule has 0 saturated carbocycles. The van der Waals surface area contributed by atoms with E-state index in [0.717, 1.165) is 57.8 Å². The summed E-state index contributed by atoms with van der Waals surface area (Å²) in [6.45, 7) is 6.74. The first-order valence-corrected chi connectivity index (χ1v) is 36.5. The minimum atomic E-state index is -0.763. The van der Waals surface area contributed by atoms with Crippen LogP contribution in [0.1, 0.15) is 432 Å². The molecule has 0 aromatic rings. The lowest BCUT2D eigenvalue weighted by Gasteiger charge is -2.18. The highest BCUT2D eigenvalue weighted by Crippen LogP contribution is 2.20. The van der Waals surface area contributed by atoms with Gasteiger partial charge in [-0.1, -0.05) is 393 Å². The van der Waals surface area contributed by atoms with Crippen LogP contribution in [0.25, 0.3) is 0 Å². The molecule has 0 saturated heterocycles. The van der Waals surface area contributed by atoms with Crippen LogP contribution in [0.3, 0.4) is 0 Å². The molecule has 0 N–H and O–H groups in total. The third-order valence-electron chi connectivity index (χ3n) is 17.1. The summed E-state index contributed by atoms with van der Waals surface area (Å²) < 4.78 is 17.0. The number of carbonyl (C=O) groups is 3. The zero-order chi connectivity index (χ0) is 57.1. The molecule has 1 atom stereocenters. The van der Waals surface area contributed by atoms with E-state index in [4.69, 9.17) is 14.2 Å². The van der Waals surface area contributed by atoms with Gasteiger partial charge < -0.3 is 14.2 Å². The lowest BCUT2D eigenvalue weighted by Crippen LogP contribution is -2.30. The highest BCUT2D eigenvalue weighted by Gasteiger charge is 2.20. The second-order valence-corrected chi connectivity index (χ2v) is 25.2. The second kappa shape index (κ2) is 68.9. The molecular formula is C73H142O6. The van der Waals surface area contributed by atoms with E-state index >= 15 is 0 Å². The largest absolute Gasteiger partial charge is 0.462 e.